The van der Waals surface area contributed by atoms with Gasteiger partial charge in [0.2, 0.25) is 11.8 Å². The van der Waals surface area contributed by atoms with Gasteiger partial charge in [0.1, 0.15) is 0 Å². The van der Waals surface area contributed by atoms with Crippen molar-refractivity contribution in [3.8, 4) is 11.1 Å². The molecule has 9 heteroatoms. The minimum Gasteiger partial charge on any atom is -0.372 e. The number of hydrogen-bond donors (Lipinski definition) is 2. The number of carbonyl (C=O) groups is 3. The van der Waals surface area contributed by atoms with Crippen LogP contribution < -0.4 is 15.5 Å². The third kappa shape index (κ3) is 3.98. The first-order valence-electron chi connectivity index (χ1n) is 11.7. The van der Waals surface area contributed by atoms with Gasteiger partial charge in [-0.1, -0.05) is 54.6 Å². The van der Waals surface area contributed by atoms with Gasteiger partial charge in [-0.25, -0.2) is 4.79 Å². The summed E-state index contributed by atoms with van der Waals surface area (Å²) in [5.74, 6) is -1.57. The first-order chi connectivity index (χ1) is 17.4. The molecule has 0 aromatic heterocycles. The lowest BCUT2D eigenvalue weighted by molar-refractivity contribution is -0.384. The summed E-state index contributed by atoms with van der Waals surface area (Å²) in [4.78, 5) is 51.3. The summed E-state index contributed by atoms with van der Waals surface area (Å²) >= 11 is 0. The highest BCUT2D eigenvalue weighted by atomic mass is 16.6. The number of imide groups is 2. The topological polar surface area (TPSA) is 122 Å². The van der Waals surface area contributed by atoms with Crippen molar-refractivity contribution in [2.24, 2.45) is 5.92 Å². The first kappa shape index (κ1) is 23.2. The van der Waals surface area contributed by atoms with Crippen molar-refractivity contribution in [2.75, 3.05) is 18.0 Å². The lowest BCUT2D eigenvalue weighted by Crippen LogP contribution is -2.68. The number of nitrogens with one attached hydrogen (secondary N) is 2. The van der Waals surface area contributed by atoms with Crippen LogP contribution in [0.25, 0.3) is 11.1 Å². The molecule has 2 N–H and O–H groups in total. The van der Waals surface area contributed by atoms with E-state index in [9.17, 15) is 24.5 Å². The van der Waals surface area contributed by atoms with Crippen molar-refractivity contribution in [1.82, 2.24) is 10.6 Å². The number of rotatable bonds is 5. The van der Waals surface area contributed by atoms with Crippen LogP contribution in [-0.2, 0) is 15.0 Å². The van der Waals surface area contributed by atoms with Gasteiger partial charge in [0.25, 0.3) is 5.69 Å². The lowest BCUT2D eigenvalue weighted by atomic mass is 9.64. The van der Waals surface area contributed by atoms with Crippen LogP contribution in [0.15, 0.2) is 78.9 Å². The smallest absolute Gasteiger partial charge is 0.328 e. The Balaban J connectivity index is 1.44. The van der Waals surface area contributed by atoms with Crippen LogP contribution in [0.4, 0.5) is 16.2 Å². The zero-order valence-electron chi connectivity index (χ0n) is 19.3. The number of nitro groups is 1. The van der Waals surface area contributed by atoms with Crippen LogP contribution in [0.5, 0.6) is 0 Å². The molecule has 0 atom stereocenters. The van der Waals surface area contributed by atoms with Crippen LogP contribution in [0.3, 0.4) is 0 Å². The Hall–Kier alpha value is -4.53. The van der Waals surface area contributed by atoms with E-state index in [-0.39, 0.29) is 11.6 Å². The van der Waals surface area contributed by atoms with Gasteiger partial charge < -0.3 is 4.90 Å². The Morgan fingerprint density at radius 3 is 1.89 bits per heavy atom. The molecule has 36 heavy (non-hydrogen) atoms. The van der Waals surface area contributed by atoms with Gasteiger partial charge in [0, 0.05) is 30.9 Å². The highest BCUT2D eigenvalue weighted by molar-refractivity contribution is 6.23. The second-order valence-electron chi connectivity index (χ2n) is 9.02. The maximum Gasteiger partial charge on any atom is 0.328 e. The normalized spacial score (nSPS) is 17.9. The molecule has 2 saturated heterocycles. The Morgan fingerprint density at radius 1 is 0.778 bits per heavy atom. The standard InChI is InChI=1S/C27H24N4O5/c32-24-27(25(33)29-26(34)28-24,20-8-6-19(7-9-20)18-4-2-1-3-5-18)21-14-16-30(17-15-21)22-10-12-23(13-11-22)31(35)36/h1-13,21H,14-17H2,(H2,28,29,32,33,34). The summed E-state index contributed by atoms with van der Waals surface area (Å²) < 4.78 is 0. The van der Waals surface area contributed by atoms with E-state index in [0.29, 0.717) is 31.5 Å². The van der Waals surface area contributed by atoms with Crippen LogP contribution in [-0.4, -0.2) is 35.9 Å². The van der Waals surface area contributed by atoms with Gasteiger partial charge in [0.05, 0.1) is 4.92 Å². The van der Waals surface area contributed by atoms with E-state index in [4.69, 9.17) is 0 Å². The van der Waals surface area contributed by atoms with Gasteiger partial charge in [-0.3, -0.25) is 30.3 Å². The first-order valence-corrected chi connectivity index (χ1v) is 11.7. The maximum atomic E-state index is 13.4. The summed E-state index contributed by atoms with van der Waals surface area (Å²) in [6, 6.07) is 22.7. The zero-order chi connectivity index (χ0) is 25.3. The Labute approximate surface area is 207 Å². The highest BCUT2D eigenvalue weighted by Crippen LogP contribution is 2.42. The largest absolute Gasteiger partial charge is 0.372 e. The predicted octanol–water partition coefficient (Wildman–Crippen LogP) is 3.78. The van der Waals surface area contributed by atoms with E-state index in [1.54, 1.807) is 24.3 Å². The van der Waals surface area contributed by atoms with Gasteiger partial charge in [0.15, 0.2) is 5.41 Å². The fourth-order valence-corrected chi connectivity index (χ4v) is 5.32. The van der Waals surface area contributed by atoms with Gasteiger partial charge in [-0.15, -0.1) is 0 Å². The molecule has 2 fully saturated rings. The Morgan fingerprint density at radius 2 is 1.33 bits per heavy atom. The SMILES string of the molecule is O=C1NC(=O)C(c2ccc(-c3ccccc3)cc2)(C2CCN(c3ccc([N+](=O)[O-])cc3)CC2)C(=O)N1. The van der Waals surface area contributed by atoms with Crippen molar-refractivity contribution < 1.29 is 19.3 Å². The summed E-state index contributed by atoms with van der Waals surface area (Å²) in [6.45, 7) is 1.11. The van der Waals surface area contributed by atoms with E-state index < -0.39 is 28.2 Å². The van der Waals surface area contributed by atoms with Crippen LogP contribution >= 0.6 is 0 Å². The molecule has 9 nitrogen and oxygen atoms in total. The quantitative estimate of drug-likeness (QED) is 0.323. The molecule has 0 spiro atoms. The molecular formula is C27H24N4O5. The molecule has 182 valence electrons. The maximum absolute atomic E-state index is 13.4. The number of nitrogens with zero attached hydrogens (tertiary/aromatic N) is 2. The second-order valence-corrected chi connectivity index (χ2v) is 9.02. The third-order valence-electron chi connectivity index (χ3n) is 7.15. The summed E-state index contributed by atoms with van der Waals surface area (Å²) in [7, 11) is 0. The highest BCUT2D eigenvalue weighted by Gasteiger charge is 2.57. The van der Waals surface area contributed by atoms with Crippen molar-refractivity contribution in [2.45, 2.75) is 18.3 Å². The molecule has 4 amide bonds. The molecule has 0 unspecified atom stereocenters. The van der Waals surface area contributed by atoms with E-state index in [0.717, 1.165) is 16.8 Å². The second kappa shape index (κ2) is 9.26. The van der Waals surface area contributed by atoms with Crippen molar-refractivity contribution in [3.05, 3.63) is 94.5 Å². The van der Waals surface area contributed by atoms with Crippen LogP contribution in [0.2, 0.25) is 0 Å². The minimum absolute atomic E-state index is 0.0201. The number of urea groups is 1. The fraction of sp³-hybridized carbons (Fsp3) is 0.222. The molecule has 0 radical (unpaired) electrons. The average molecular weight is 485 g/mol. The molecule has 2 aliphatic heterocycles. The van der Waals surface area contributed by atoms with Crippen LogP contribution in [0.1, 0.15) is 18.4 Å². The zero-order valence-corrected chi connectivity index (χ0v) is 19.3. The van der Waals surface area contributed by atoms with E-state index in [1.807, 2.05) is 42.5 Å². The Bertz CT molecular complexity index is 1290. The number of anilines is 1. The van der Waals surface area contributed by atoms with E-state index >= 15 is 0 Å². The number of carbonyl (C=O) groups excluding carboxylic acids is 3. The summed E-state index contributed by atoms with van der Waals surface area (Å²) in [6.07, 6.45) is 1.04. The molecule has 3 aromatic rings. The predicted molar refractivity (Wildman–Crippen MR) is 133 cm³/mol. The third-order valence-corrected chi connectivity index (χ3v) is 7.15. The summed E-state index contributed by atoms with van der Waals surface area (Å²) in [5.41, 5.74) is 1.83. The van der Waals surface area contributed by atoms with E-state index in [1.165, 1.54) is 12.1 Å². The average Bonchev–Trinajstić information content (AvgIpc) is 2.90. The van der Waals surface area contributed by atoms with Crippen molar-refractivity contribution in [3.63, 3.8) is 0 Å². The number of non-ortho nitro benzene ring substituents is 1. The number of benzene rings is 3. The number of nitro benzene ring substituents is 1. The van der Waals surface area contributed by atoms with Gasteiger partial charge in [-0.05, 0) is 47.6 Å². The van der Waals surface area contributed by atoms with E-state index in [2.05, 4.69) is 15.5 Å². The summed E-state index contributed by atoms with van der Waals surface area (Å²) in [5, 5.41) is 15.6. The number of hydrogen-bond acceptors (Lipinski definition) is 6. The lowest BCUT2D eigenvalue weighted by Gasteiger charge is -2.44. The molecular weight excluding hydrogens is 460 g/mol. The van der Waals surface area contributed by atoms with Gasteiger partial charge in [-0.2, -0.15) is 0 Å². The molecule has 0 saturated carbocycles. The number of amides is 4. The number of piperidine rings is 1. The molecule has 0 aliphatic carbocycles. The minimum atomic E-state index is -1.54. The molecule has 2 heterocycles. The fourth-order valence-electron chi connectivity index (χ4n) is 5.32. The molecule has 5 rings (SSSR count). The van der Waals surface area contributed by atoms with Crippen LogP contribution in [0, 0.1) is 16.0 Å². The molecule has 0 bridgehead atoms. The van der Waals surface area contributed by atoms with Gasteiger partial charge >= 0.3 is 6.03 Å². The number of barbiturate groups is 1. The monoisotopic (exact) mass is 484 g/mol. The van der Waals surface area contributed by atoms with Crippen molar-refractivity contribution in [1.29, 1.82) is 0 Å². The Kier molecular flexibility index (Phi) is 5.97. The molecule has 3 aromatic carbocycles. The molecule has 2 aliphatic rings. The van der Waals surface area contributed by atoms with Crippen molar-refractivity contribution >= 4 is 29.2 Å².